The molecule has 0 saturated heterocycles. The molecule has 27 heavy (non-hydrogen) atoms. The number of fused-ring (bicyclic) bond motifs is 1. The summed E-state index contributed by atoms with van der Waals surface area (Å²) < 4.78 is 15.8. The topological polar surface area (TPSA) is 63.1 Å². The van der Waals surface area contributed by atoms with Crippen LogP contribution < -0.4 is 5.56 Å². The third-order valence-corrected chi connectivity index (χ3v) is 5.40. The first-order chi connectivity index (χ1) is 13.1. The standard InChI is InChI=1S/C19H14ClFN4OS/c20-15-7-4-8-16(21)14(15)11-27-19-24-23-18-22-17(26)10-13(25(18)19)9-12-5-2-1-3-6-12/h1-8,10H,9,11H2,(H,22,23,26). The van der Waals surface area contributed by atoms with Gasteiger partial charge in [-0.15, -0.1) is 10.2 Å². The van der Waals surface area contributed by atoms with Crippen molar-refractivity contribution in [1.29, 1.82) is 0 Å². The third-order valence-electron chi connectivity index (χ3n) is 4.09. The molecule has 4 aromatic rings. The van der Waals surface area contributed by atoms with E-state index in [0.717, 1.165) is 11.3 Å². The van der Waals surface area contributed by atoms with Crippen molar-refractivity contribution in [1.82, 2.24) is 19.6 Å². The van der Waals surface area contributed by atoms with Gasteiger partial charge in [-0.1, -0.05) is 59.8 Å². The van der Waals surface area contributed by atoms with E-state index in [1.807, 2.05) is 30.3 Å². The van der Waals surface area contributed by atoms with Gasteiger partial charge in [0.15, 0.2) is 5.16 Å². The summed E-state index contributed by atoms with van der Waals surface area (Å²) in [4.78, 5) is 14.6. The van der Waals surface area contributed by atoms with Crippen molar-refractivity contribution in [3.63, 3.8) is 0 Å². The van der Waals surface area contributed by atoms with Crippen LogP contribution in [-0.4, -0.2) is 19.6 Å². The van der Waals surface area contributed by atoms with E-state index in [4.69, 9.17) is 11.6 Å². The van der Waals surface area contributed by atoms with E-state index < -0.39 is 0 Å². The summed E-state index contributed by atoms with van der Waals surface area (Å²) in [6.45, 7) is 0. The Balaban J connectivity index is 1.70. The smallest absolute Gasteiger partial charge is 0.252 e. The molecule has 0 bridgehead atoms. The Morgan fingerprint density at radius 2 is 1.93 bits per heavy atom. The molecule has 0 fully saturated rings. The molecule has 0 amide bonds. The van der Waals surface area contributed by atoms with Crippen molar-refractivity contribution in [3.8, 4) is 0 Å². The summed E-state index contributed by atoms with van der Waals surface area (Å²) in [5.41, 5.74) is 1.99. The molecule has 0 radical (unpaired) electrons. The minimum absolute atomic E-state index is 0.241. The predicted octanol–water partition coefficient (Wildman–Crippen LogP) is 4.09. The first kappa shape index (κ1) is 17.8. The van der Waals surface area contributed by atoms with E-state index in [0.29, 0.717) is 33.7 Å². The lowest BCUT2D eigenvalue weighted by Gasteiger charge is -2.08. The Kier molecular flexibility index (Phi) is 4.96. The molecule has 4 rings (SSSR count). The molecule has 2 heterocycles. The van der Waals surface area contributed by atoms with Crippen LogP contribution >= 0.6 is 23.4 Å². The number of benzene rings is 2. The number of nitrogens with one attached hydrogen (secondary N) is 1. The third kappa shape index (κ3) is 3.74. The molecule has 0 saturated carbocycles. The lowest BCUT2D eigenvalue weighted by atomic mass is 10.1. The summed E-state index contributed by atoms with van der Waals surface area (Å²) in [5.74, 6) is 0.299. The number of aromatic nitrogens is 4. The number of halogens is 2. The van der Waals surface area contributed by atoms with Gasteiger partial charge in [0.05, 0.1) is 0 Å². The van der Waals surface area contributed by atoms with Crippen molar-refractivity contribution in [2.24, 2.45) is 0 Å². The number of hydrogen-bond donors (Lipinski definition) is 1. The monoisotopic (exact) mass is 400 g/mol. The number of H-pyrrole nitrogens is 1. The van der Waals surface area contributed by atoms with E-state index in [1.54, 1.807) is 16.5 Å². The minimum Gasteiger partial charge on any atom is -0.291 e. The van der Waals surface area contributed by atoms with Gasteiger partial charge in [-0.2, -0.15) is 0 Å². The zero-order valence-electron chi connectivity index (χ0n) is 14.0. The zero-order valence-corrected chi connectivity index (χ0v) is 15.6. The Bertz CT molecular complexity index is 1140. The van der Waals surface area contributed by atoms with Crippen molar-refractivity contribution in [2.75, 3.05) is 0 Å². The van der Waals surface area contributed by atoms with Crippen LogP contribution in [0.15, 0.2) is 64.5 Å². The largest absolute Gasteiger partial charge is 0.291 e. The molecule has 0 aliphatic heterocycles. The second kappa shape index (κ2) is 7.54. The fourth-order valence-corrected chi connectivity index (χ4v) is 4.11. The highest BCUT2D eigenvalue weighted by molar-refractivity contribution is 7.98. The van der Waals surface area contributed by atoms with Crippen molar-refractivity contribution in [3.05, 3.63) is 92.6 Å². The molecule has 1 N–H and O–H groups in total. The minimum atomic E-state index is -0.360. The summed E-state index contributed by atoms with van der Waals surface area (Å²) in [7, 11) is 0. The summed E-state index contributed by atoms with van der Waals surface area (Å²) in [5, 5.41) is 9.13. The van der Waals surface area contributed by atoms with Gasteiger partial charge in [-0.05, 0) is 17.7 Å². The van der Waals surface area contributed by atoms with Gasteiger partial charge in [-0.25, -0.2) is 4.39 Å². The molecular weight excluding hydrogens is 387 g/mol. The number of hydrogen-bond acceptors (Lipinski definition) is 4. The van der Waals surface area contributed by atoms with Gasteiger partial charge in [0, 0.05) is 34.5 Å². The number of nitrogens with zero attached hydrogens (tertiary/aromatic N) is 3. The predicted molar refractivity (Wildman–Crippen MR) is 104 cm³/mol. The normalized spacial score (nSPS) is 11.2. The van der Waals surface area contributed by atoms with E-state index in [-0.39, 0.29) is 11.4 Å². The fraction of sp³-hybridized carbons (Fsp3) is 0.105. The first-order valence-electron chi connectivity index (χ1n) is 8.19. The lowest BCUT2D eigenvalue weighted by molar-refractivity contribution is 0.617. The van der Waals surface area contributed by atoms with Crippen LogP contribution in [0.3, 0.4) is 0 Å². The maximum Gasteiger partial charge on any atom is 0.252 e. The van der Waals surface area contributed by atoms with Crippen LogP contribution in [0.4, 0.5) is 4.39 Å². The lowest BCUT2D eigenvalue weighted by Crippen LogP contribution is -2.12. The Morgan fingerprint density at radius 1 is 1.11 bits per heavy atom. The molecule has 8 heteroatoms. The Hall–Kier alpha value is -2.64. The highest BCUT2D eigenvalue weighted by atomic mass is 35.5. The second-order valence-electron chi connectivity index (χ2n) is 5.92. The van der Waals surface area contributed by atoms with Crippen LogP contribution in [0.2, 0.25) is 5.02 Å². The van der Waals surface area contributed by atoms with E-state index in [2.05, 4.69) is 15.2 Å². The average molecular weight is 401 g/mol. The van der Waals surface area contributed by atoms with Crippen LogP contribution in [-0.2, 0) is 12.2 Å². The molecule has 0 aliphatic rings. The maximum absolute atomic E-state index is 14.0. The van der Waals surface area contributed by atoms with Crippen LogP contribution in [0.1, 0.15) is 16.8 Å². The highest BCUT2D eigenvalue weighted by Gasteiger charge is 2.14. The van der Waals surface area contributed by atoms with Gasteiger partial charge in [0.1, 0.15) is 5.82 Å². The maximum atomic E-state index is 14.0. The van der Waals surface area contributed by atoms with Gasteiger partial charge in [0.2, 0.25) is 5.78 Å². The van der Waals surface area contributed by atoms with Gasteiger partial charge < -0.3 is 0 Å². The average Bonchev–Trinajstić information content (AvgIpc) is 3.05. The zero-order chi connectivity index (χ0) is 18.8. The van der Waals surface area contributed by atoms with Crippen LogP contribution in [0.5, 0.6) is 0 Å². The Labute approximate surface area is 163 Å². The molecule has 2 aromatic heterocycles. The molecule has 136 valence electrons. The fourth-order valence-electron chi connectivity index (χ4n) is 2.81. The summed E-state index contributed by atoms with van der Waals surface area (Å²) in [6, 6.07) is 15.9. The Morgan fingerprint density at radius 3 is 2.70 bits per heavy atom. The van der Waals surface area contributed by atoms with Gasteiger partial charge in [-0.3, -0.25) is 14.2 Å². The molecule has 5 nitrogen and oxygen atoms in total. The molecular formula is C19H14ClFN4OS. The second-order valence-corrected chi connectivity index (χ2v) is 7.27. The molecule has 0 unspecified atom stereocenters. The highest BCUT2D eigenvalue weighted by Crippen LogP contribution is 2.28. The number of aromatic amines is 1. The van der Waals surface area contributed by atoms with E-state index >= 15 is 0 Å². The SMILES string of the molecule is O=c1cc(Cc2ccccc2)n2c(SCc3c(F)cccc3Cl)nnc2[nH]1. The van der Waals surface area contributed by atoms with Gasteiger partial charge >= 0.3 is 0 Å². The molecule has 0 aliphatic carbocycles. The molecule has 0 spiro atoms. The quantitative estimate of drug-likeness (QED) is 0.512. The number of rotatable bonds is 5. The van der Waals surface area contributed by atoms with Crippen molar-refractivity contribution in [2.45, 2.75) is 17.3 Å². The van der Waals surface area contributed by atoms with Crippen molar-refractivity contribution >= 4 is 29.1 Å². The van der Waals surface area contributed by atoms with Crippen LogP contribution in [0, 0.1) is 5.82 Å². The number of thioether (sulfide) groups is 1. The summed E-state index contributed by atoms with van der Waals surface area (Å²) >= 11 is 7.42. The molecule has 0 atom stereocenters. The van der Waals surface area contributed by atoms with E-state index in [9.17, 15) is 9.18 Å². The first-order valence-corrected chi connectivity index (χ1v) is 9.55. The van der Waals surface area contributed by atoms with Crippen molar-refractivity contribution < 1.29 is 4.39 Å². The van der Waals surface area contributed by atoms with Gasteiger partial charge in [0.25, 0.3) is 5.56 Å². The van der Waals surface area contributed by atoms with Crippen LogP contribution in [0.25, 0.3) is 5.78 Å². The van der Waals surface area contributed by atoms with E-state index in [1.165, 1.54) is 23.9 Å². The summed E-state index contributed by atoms with van der Waals surface area (Å²) in [6.07, 6.45) is 0.549. The molecule has 2 aromatic carbocycles.